The molecule has 19 heavy (non-hydrogen) atoms. The number of ether oxygens (including phenoxy) is 2. The van der Waals surface area contributed by atoms with Crippen molar-refractivity contribution in [1.82, 2.24) is 5.32 Å². The van der Waals surface area contributed by atoms with Crippen LogP contribution >= 0.6 is 0 Å². The minimum absolute atomic E-state index is 0.126. The maximum absolute atomic E-state index is 5.35. The Kier molecular flexibility index (Phi) is 4.91. The third-order valence-electron chi connectivity index (χ3n) is 3.48. The van der Waals surface area contributed by atoms with E-state index in [0.29, 0.717) is 0 Å². The first kappa shape index (κ1) is 14.0. The highest BCUT2D eigenvalue weighted by Gasteiger charge is 2.20. The molecular weight excluding hydrogens is 238 g/mol. The Labute approximate surface area is 114 Å². The van der Waals surface area contributed by atoms with Crippen LogP contribution in [0.15, 0.2) is 42.5 Å². The second kappa shape index (κ2) is 6.66. The predicted molar refractivity (Wildman–Crippen MR) is 78.3 cm³/mol. The van der Waals surface area contributed by atoms with E-state index in [1.165, 1.54) is 16.3 Å². The van der Waals surface area contributed by atoms with Gasteiger partial charge in [-0.1, -0.05) is 42.5 Å². The number of methoxy groups -OCH3 is 2. The van der Waals surface area contributed by atoms with E-state index in [-0.39, 0.29) is 12.3 Å². The summed E-state index contributed by atoms with van der Waals surface area (Å²) in [5.74, 6) is 0. The zero-order valence-electron chi connectivity index (χ0n) is 11.7. The van der Waals surface area contributed by atoms with E-state index in [0.717, 1.165) is 6.42 Å². The lowest BCUT2D eigenvalue weighted by Crippen LogP contribution is -2.41. The van der Waals surface area contributed by atoms with E-state index in [1.54, 1.807) is 14.2 Å². The molecule has 0 saturated carbocycles. The zero-order chi connectivity index (χ0) is 13.7. The maximum atomic E-state index is 5.35. The Bertz CT molecular complexity index is 518. The minimum Gasteiger partial charge on any atom is -0.354 e. The third kappa shape index (κ3) is 3.13. The average Bonchev–Trinajstić information content (AvgIpc) is 2.47. The lowest BCUT2D eigenvalue weighted by molar-refractivity contribution is -0.121. The molecular formula is C16H21NO2. The first-order valence-corrected chi connectivity index (χ1v) is 6.49. The normalized spacial score (nSPS) is 13.1. The van der Waals surface area contributed by atoms with Crippen molar-refractivity contribution in [2.75, 3.05) is 21.3 Å². The van der Waals surface area contributed by atoms with Gasteiger partial charge in [-0.05, 0) is 29.8 Å². The Morgan fingerprint density at radius 3 is 2.37 bits per heavy atom. The van der Waals surface area contributed by atoms with E-state index in [2.05, 4.69) is 47.8 Å². The van der Waals surface area contributed by atoms with Crippen LogP contribution in [0.2, 0.25) is 0 Å². The first-order chi connectivity index (χ1) is 9.30. The monoisotopic (exact) mass is 259 g/mol. The van der Waals surface area contributed by atoms with Gasteiger partial charge in [0.25, 0.3) is 0 Å². The molecule has 1 N–H and O–H groups in total. The van der Waals surface area contributed by atoms with Crippen molar-refractivity contribution in [2.45, 2.75) is 18.8 Å². The van der Waals surface area contributed by atoms with Gasteiger partial charge in [-0.3, -0.25) is 0 Å². The van der Waals surface area contributed by atoms with Crippen LogP contribution in [-0.4, -0.2) is 33.6 Å². The van der Waals surface area contributed by atoms with E-state index < -0.39 is 0 Å². The van der Waals surface area contributed by atoms with Gasteiger partial charge in [0.15, 0.2) is 6.29 Å². The summed E-state index contributed by atoms with van der Waals surface area (Å²) < 4.78 is 10.7. The zero-order valence-corrected chi connectivity index (χ0v) is 11.7. The lowest BCUT2D eigenvalue weighted by atomic mass is 9.98. The van der Waals surface area contributed by atoms with Gasteiger partial charge in [0.1, 0.15) is 0 Å². The van der Waals surface area contributed by atoms with Crippen LogP contribution in [0.1, 0.15) is 5.56 Å². The molecule has 102 valence electrons. The van der Waals surface area contributed by atoms with Gasteiger partial charge in [-0.2, -0.15) is 0 Å². The Morgan fingerprint density at radius 2 is 1.68 bits per heavy atom. The van der Waals surface area contributed by atoms with Crippen molar-refractivity contribution in [1.29, 1.82) is 0 Å². The number of nitrogens with one attached hydrogen (secondary N) is 1. The topological polar surface area (TPSA) is 30.5 Å². The van der Waals surface area contributed by atoms with Gasteiger partial charge in [-0.15, -0.1) is 0 Å². The summed E-state index contributed by atoms with van der Waals surface area (Å²) in [7, 11) is 5.27. The van der Waals surface area contributed by atoms with Crippen LogP contribution in [-0.2, 0) is 15.9 Å². The molecule has 3 nitrogen and oxygen atoms in total. The second-order valence-electron chi connectivity index (χ2n) is 4.58. The van der Waals surface area contributed by atoms with Crippen LogP contribution in [0.3, 0.4) is 0 Å². The summed E-state index contributed by atoms with van der Waals surface area (Å²) in [6.45, 7) is 0. The highest BCUT2D eigenvalue weighted by atomic mass is 16.7. The molecule has 3 heteroatoms. The number of likely N-dealkylation sites (N-methyl/N-ethyl adjacent to an activating group) is 1. The highest BCUT2D eigenvalue weighted by Crippen LogP contribution is 2.20. The Hall–Kier alpha value is -1.42. The molecule has 0 saturated heterocycles. The molecule has 0 aliphatic rings. The largest absolute Gasteiger partial charge is 0.354 e. The van der Waals surface area contributed by atoms with Crippen molar-refractivity contribution in [2.24, 2.45) is 0 Å². The molecule has 0 fully saturated rings. The summed E-state index contributed by atoms with van der Waals surface area (Å²) in [6, 6.07) is 15.0. The van der Waals surface area contributed by atoms with Gasteiger partial charge < -0.3 is 14.8 Å². The summed E-state index contributed by atoms with van der Waals surface area (Å²) in [5.41, 5.74) is 1.30. The SMILES string of the molecule is CNC(Cc1cccc2ccccc12)C(OC)OC. The molecule has 1 atom stereocenters. The first-order valence-electron chi connectivity index (χ1n) is 6.49. The van der Waals surface area contributed by atoms with Crippen molar-refractivity contribution in [3.05, 3.63) is 48.0 Å². The molecule has 2 rings (SSSR count). The fraction of sp³-hybridized carbons (Fsp3) is 0.375. The van der Waals surface area contributed by atoms with Crippen molar-refractivity contribution in [3.63, 3.8) is 0 Å². The Morgan fingerprint density at radius 1 is 1.00 bits per heavy atom. The second-order valence-corrected chi connectivity index (χ2v) is 4.58. The summed E-state index contributed by atoms with van der Waals surface area (Å²) >= 11 is 0. The van der Waals surface area contributed by atoms with Gasteiger partial charge in [0.05, 0.1) is 6.04 Å². The number of hydrogen-bond donors (Lipinski definition) is 1. The van der Waals surface area contributed by atoms with Crippen molar-refractivity contribution in [3.8, 4) is 0 Å². The van der Waals surface area contributed by atoms with Crippen molar-refractivity contribution >= 4 is 10.8 Å². The highest BCUT2D eigenvalue weighted by molar-refractivity contribution is 5.85. The summed E-state index contributed by atoms with van der Waals surface area (Å²) in [6.07, 6.45) is 0.619. The van der Waals surface area contributed by atoms with E-state index >= 15 is 0 Å². The van der Waals surface area contributed by atoms with Crippen LogP contribution in [0.25, 0.3) is 10.8 Å². The van der Waals surface area contributed by atoms with E-state index in [4.69, 9.17) is 9.47 Å². The molecule has 2 aromatic carbocycles. The molecule has 0 heterocycles. The lowest BCUT2D eigenvalue weighted by Gasteiger charge is -2.24. The third-order valence-corrected chi connectivity index (χ3v) is 3.48. The molecule has 0 aromatic heterocycles. The standard InChI is InChI=1S/C16H21NO2/c1-17-15(16(18-2)19-3)11-13-9-6-8-12-7-4-5-10-14(12)13/h4-10,15-17H,11H2,1-3H3. The fourth-order valence-electron chi connectivity index (χ4n) is 2.47. The molecule has 0 amide bonds. The predicted octanol–water partition coefficient (Wildman–Crippen LogP) is 2.59. The van der Waals surface area contributed by atoms with Crippen LogP contribution in [0.4, 0.5) is 0 Å². The number of fused-ring (bicyclic) bond motifs is 1. The fourth-order valence-corrected chi connectivity index (χ4v) is 2.47. The number of hydrogen-bond acceptors (Lipinski definition) is 3. The van der Waals surface area contributed by atoms with Crippen LogP contribution in [0, 0.1) is 0 Å². The van der Waals surface area contributed by atoms with E-state index in [9.17, 15) is 0 Å². The molecule has 0 aliphatic heterocycles. The average molecular weight is 259 g/mol. The molecule has 0 bridgehead atoms. The smallest absolute Gasteiger partial charge is 0.172 e. The summed E-state index contributed by atoms with van der Waals surface area (Å²) in [5, 5.41) is 5.82. The van der Waals surface area contributed by atoms with Gasteiger partial charge in [-0.25, -0.2) is 0 Å². The minimum atomic E-state index is -0.246. The van der Waals surface area contributed by atoms with Gasteiger partial charge in [0, 0.05) is 14.2 Å². The molecule has 0 aliphatic carbocycles. The number of benzene rings is 2. The molecule has 2 aromatic rings. The molecule has 0 radical (unpaired) electrons. The van der Waals surface area contributed by atoms with Crippen LogP contribution < -0.4 is 5.32 Å². The Balaban J connectivity index is 2.29. The van der Waals surface area contributed by atoms with E-state index in [1.807, 2.05) is 7.05 Å². The van der Waals surface area contributed by atoms with Gasteiger partial charge in [0.2, 0.25) is 0 Å². The summed E-state index contributed by atoms with van der Waals surface area (Å²) in [4.78, 5) is 0. The quantitative estimate of drug-likeness (QED) is 0.809. The van der Waals surface area contributed by atoms with Crippen molar-refractivity contribution < 1.29 is 9.47 Å². The molecule has 1 unspecified atom stereocenters. The van der Waals surface area contributed by atoms with Crippen LogP contribution in [0.5, 0.6) is 0 Å². The van der Waals surface area contributed by atoms with Gasteiger partial charge >= 0.3 is 0 Å². The molecule has 0 spiro atoms. The maximum Gasteiger partial charge on any atom is 0.172 e. The number of rotatable bonds is 6.